The van der Waals surface area contributed by atoms with E-state index in [4.69, 9.17) is 4.74 Å². The first-order valence-corrected chi connectivity index (χ1v) is 6.33. The van der Waals surface area contributed by atoms with Crippen LogP contribution in [0.1, 0.15) is 32.3 Å². The van der Waals surface area contributed by atoms with Crippen LogP contribution in [0.5, 0.6) is 0 Å². The minimum Gasteiger partial charge on any atom is -0.443 e. The minimum atomic E-state index is -0.665. The Morgan fingerprint density at radius 3 is 2.47 bits per heavy atom. The fourth-order valence-corrected chi connectivity index (χ4v) is 1.36. The van der Waals surface area contributed by atoms with Crippen LogP contribution in [0.15, 0.2) is 30.3 Å². The number of hydrogen-bond donors (Lipinski definition) is 2. The van der Waals surface area contributed by atoms with Gasteiger partial charge in [-0.3, -0.25) is 10.2 Å². The molecule has 5 heteroatoms. The molecule has 0 aliphatic rings. The second kappa shape index (κ2) is 8.13. The lowest BCUT2D eigenvalue weighted by Crippen LogP contribution is -2.41. The first-order chi connectivity index (χ1) is 9.08. The molecule has 19 heavy (non-hydrogen) atoms. The summed E-state index contributed by atoms with van der Waals surface area (Å²) in [4.78, 5) is 22.7. The van der Waals surface area contributed by atoms with Crippen LogP contribution in [0.3, 0.4) is 0 Å². The highest BCUT2D eigenvalue weighted by Gasteiger charge is 2.06. The summed E-state index contributed by atoms with van der Waals surface area (Å²) in [5.41, 5.74) is 5.42. The van der Waals surface area contributed by atoms with Gasteiger partial charge in [0, 0.05) is 6.42 Å². The molecule has 0 aliphatic carbocycles. The van der Waals surface area contributed by atoms with Crippen LogP contribution in [0.2, 0.25) is 0 Å². The molecule has 1 aromatic carbocycles. The third-order valence-corrected chi connectivity index (χ3v) is 2.47. The van der Waals surface area contributed by atoms with Crippen LogP contribution in [-0.4, -0.2) is 12.0 Å². The third-order valence-electron chi connectivity index (χ3n) is 2.47. The number of amides is 2. The number of hydrazine groups is 1. The summed E-state index contributed by atoms with van der Waals surface area (Å²) >= 11 is 0. The van der Waals surface area contributed by atoms with Gasteiger partial charge in [0.2, 0.25) is 5.91 Å². The number of hydrogen-bond acceptors (Lipinski definition) is 3. The molecule has 0 spiro atoms. The molecular weight excluding hydrogens is 244 g/mol. The molecule has 104 valence electrons. The summed E-state index contributed by atoms with van der Waals surface area (Å²) < 4.78 is 4.94. The maximum Gasteiger partial charge on any atom is 0.426 e. The van der Waals surface area contributed by atoms with Gasteiger partial charge in [0.15, 0.2) is 0 Å². The second-order valence-corrected chi connectivity index (χ2v) is 4.67. The number of ether oxygens (including phenoxy) is 1. The van der Waals surface area contributed by atoms with Gasteiger partial charge in [0.1, 0.15) is 6.61 Å². The molecule has 0 atom stereocenters. The van der Waals surface area contributed by atoms with E-state index >= 15 is 0 Å². The van der Waals surface area contributed by atoms with Gasteiger partial charge in [-0.1, -0.05) is 44.2 Å². The highest BCUT2D eigenvalue weighted by Crippen LogP contribution is 2.02. The van der Waals surface area contributed by atoms with Gasteiger partial charge in [-0.25, -0.2) is 10.2 Å². The quantitative estimate of drug-likeness (QED) is 0.802. The molecule has 1 rings (SSSR count). The summed E-state index contributed by atoms with van der Waals surface area (Å²) in [6.07, 6.45) is 0.505. The summed E-state index contributed by atoms with van der Waals surface area (Å²) in [6.45, 7) is 4.25. The molecule has 2 N–H and O–H groups in total. The Morgan fingerprint density at radius 1 is 1.16 bits per heavy atom. The van der Waals surface area contributed by atoms with Crippen LogP contribution >= 0.6 is 0 Å². The van der Waals surface area contributed by atoms with Gasteiger partial charge in [0.25, 0.3) is 0 Å². The van der Waals surface area contributed by atoms with E-state index in [-0.39, 0.29) is 12.5 Å². The zero-order valence-corrected chi connectivity index (χ0v) is 11.3. The Hall–Kier alpha value is -2.04. The molecule has 0 saturated heterocycles. The van der Waals surface area contributed by atoms with Gasteiger partial charge in [-0.05, 0) is 17.9 Å². The van der Waals surface area contributed by atoms with Crippen molar-refractivity contribution in [2.45, 2.75) is 33.3 Å². The van der Waals surface area contributed by atoms with E-state index in [9.17, 15) is 9.59 Å². The molecule has 0 saturated carbocycles. The van der Waals surface area contributed by atoms with Gasteiger partial charge in [-0.15, -0.1) is 0 Å². The molecule has 0 unspecified atom stereocenters. The molecule has 0 aliphatic heterocycles. The largest absolute Gasteiger partial charge is 0.443 e. The van der Waals surface area contributed by atoms with Crippen molar-refractivity contribution in [3.05, 3.63) is 35.9 Å². The van der Waals surface area contributed by atoms with Crippen LogP contribution in [0, 0.1) is 5.92 Å². The number of nitrogens with one attached hydrogen (secondary N) is 2. The number of carbonyl (C=O) groups is 2. The molecule has 1 aromatic rings. The number of rotatable bonds is 5. The fourth-order valence-electron chi connectivity index (χ4n) is 1.36. The summed E-state index contributed by atoms with van der Waals surface area (Å²) in [6, 6.07) is 9.33. The lowest BCUT2D eigenvalue weighted by molar-refractivity contribution is -0.122. The van der Waals surface area contributed by atoms with Crippen molar-refractivity contribution in [2.24, 2.45) is 5.92 Å². The van der Waals surface area contributed by atoms with Crippen molar-refractivity contribution < 1.29 is 14.3 Å². The molecule has 0 fully saturated rings. The van der Waals surface area contributed by atoms with Crippen molar-refractivity contribution in [2.75, 3.05) is 0 Å². The second-order valence-electron chi connectivity index (χ2n) is 4.67. The summed E-state index contributed by atoms with van der Waals surface area (Å²) in [7, 11) is 0. The lowest BCUT2D eigenvalue weighted by Gasteiger charge is -2.09. The van der Waals surface area contributed by atoms with Gasteiger partial charge in [0.05, 0.1) is 0 Å². The van der Waals surface area contributed by atoms with E-state index in [2.05, 4.69) is 10.9 Å². The third kappa shape index (κ3) is 7.08. The smallest absolute Gasteiger partial charge is 0.426 e. The van der Waals surface area contributed by atoms with E-state index in [0.717, 1.165) is 12.0 Å². The van der Waals surface area contributed by atoms with Crippen LogP contribution in [0.25, 0.3) is 0 Å². The molecular formula is C14H20N2O3. The summed E-state index contributed by atoms with van der Waals surface area (Å²) in [5.74, 6) is 0.237. The van der Waals surface area contributed by atoms with Crippen molar-refractivity contribution >= 4 is 12.0 Å². The summed E-state index contributed by atoms with van der Waals surface area (Å²) in [5, 5.41) is 0. The predicted octanol–water partition coefficient (Wildman–Crippen LogP) is 2.38. The lowest BCUT2D eigenvalue weighted by atomic mass is 10.1. The van der Waals surface area contributed by atoms with Crippen LogP contribution in [-0.2, 0) is 16.1 Å². The van der Waals surface area contributed by atoms with E-state index in [1.54, 1.807) is 0 Å². The number of benzene rings is 1. The average molecular weight is 264 g/mol. The fraction of sp³-hybridized carbons (Fsp3) is 0.429. The maximum atomic E-state index is 11.3. The molecule has 0 heterocycles. The first-order valence-electron chi connectivity index (χ1n) is 6.33. The van der Waals surface area contributed by atoms with Crippen LogP contribution < -0.4 is 10.9 Å². The molecule has 0 bridgehead atoms. The topological polar surface area (TPSA) is 67.4 Å². The average Bonchev–Trinajstić information content (AvgIpc) is 2.41. The van der Waals surface area contributed by atoms with Gasteiger partial charge in [-0.2, -0.15) is 0 Å². The predicted molar refractivity (Wildman–Crippen MR) is 72.0 cm³/mol. The van der Waals surface area contributed by atoms with Crippen molar-refractivity contribution in [3.63, 3.8) is 0 Å². The van der Waals surface area contributed by atoms with Crippen molar-refractivity contribution in [3.8, 4) is 0 Å². The Balaban J connectivity index is 2.16. The van der Waals surface area contributed by atoms with Crippen LogP contribution in [0.4, 0.5) is 4.79 Å². The first kappa shape index (κ1) is 15.0. The molecule has 5 nitrogen and oxygen atoms in total. The minimum absolute atomic E-state index is 0.175. The Bertz CT molecular complexity index is 404. The van der Waals surface area contributed by atoms with E-state index in [1.165, 1.54) is 0 Å². The zero-order chi connectivity index (χ0) is 14.1. The Morgan fingerprint density at radius 2 is 1.84 bits per heavy atom. The van der Waals surface area contributed by atoms with E-state index in [1.807, 2.05) is 44.2 Å². The monoisotopic (exact) mass is 264 g/mol. The molecule has 0 radical (unpaired) electrons. The zero-order valence-electron chi connectivity index (χ0n) is 11.3. The molecule has 2 amide bonds. The van der Waals surface area contributed by atoms with Gasteiger partial charge < -0.3 is 4.74 Å². The maximum absolute atomic E-state index is 11.3. The highest BCUT2D eigenvalue weighted by atomic mass is 16.6. The standard InChI is InChI=1S/C14H20N2O3/c1-11(2)8-9-13(17)15-16-14(18)19-10-12-6-4-3-5-7-12/h3-7,11H,8-10H2,1-2H3,(H,15,17)(H,16,18). The van der Waals surface area contributed by atoms with Crippen molar-refractivity contribution in [1.29, 1.82) is 0 Å². The highest BCUT2D eigenvalue weighted by molar-refractivity contribution is 5.78. The van der Waals surface area contributed by atoms with E-state index < -0.39 is 6.09 Å². The Labute approximate surface area is 113 Å². The van der Waals surface area contributed by atoms with Gasteiger partial charge >= 0.3 is 6.09 Å². The van der Waals surface area contributed by atoms with Crippen molar-refractivity contribution in [1.82, 2.24) is 10.9 Å². The SMILES string of the molecule is CC(C)CCC(=O)NNC(=O)OCc1ccccc1. The number of carbonyl (C=O) groups excluding carboxylic acids is 2. The Kier molecular flexibility index (Phi) is 6.43. The normalized spacial score (nSPS) is 10.1. The van der Waals surface area contributed by atoms with E-state index in [0.29, 0.717) is 12.3 Å². The molecule has 0 aromatic heterocycles.